The van der Waals surface area contributed by atoms with E-state index in [0.29, 0.717) is 21.9 Å². The van der Waals surface area contributed by atoms with Crippen molar-refractivity contribution < 1.29 is 19.1 Å². The second-order valence-corrected chi connectivity index (χ2v) is 8.10. The third kappa shape index (κ3) is 4.96. The Morgan fingerprint density at radius 3 is 2.76 bits per heavy atom. The van der Waals surface area contributed by atoms with Gasteiger partial charge in [0.25, 0.3) is 5.91 Å². The number of methoxy groups -OCH3 is 1. The zero-order valence-corrected chi connectivity index (χ0v) is 17.4. The molecule has 0 aliphatic heterocycles. The van der Waals surface area contributed by atoms with Gasteiger partial charge >= 0.3 is 5.97 Å². The lowest BCUT2D eigenvalue weighted by Gasteiger charge is -2.14. The summed E-state index contributed by atoms with van der Waals surface area (Å²) in [6.07, 6.45) is 4.17. The number of thiophene rings is 1. The molecule has 1 aliphatic carbocycles. The van der Waals surface area contributed by atoms with Gasteiger partial charge in [0.2, 0.25) is 0 Å². The van der Waals surface area contributed by atoms with Crippen molar-refractivity contribution in [3.8, 4) is 11.8 Å². The van der Waals surface area contributed by atoms with E-state index in [4.69, 9.17) is 9.47 Å². The Bertz CT molecular complexity index is 945. The van der Waals surface area contributed by atoms with Crippen LogP contribution in [0.5, 0.6) is 5.75 Å². The average Bonchev–Trinajstić information content (AvgIpc) is 2.87. The molecule has 1 aromatic carbocycles. The summed E-state index contributed by atoms with van der Waals surface area (Å²) in [5.41, 5.74) is 2.31. The highest BCUT2D eigenvalue weighted by atomic mass is 32.1. The van der Waals surface area contributed by atoms with Gasteiger partial charge < -0.3 is 14.8 Å². The Hall–Kier alpha value is -2.85. The lowest BCUT2D eigenvalue weighted by molar-refractivity contribution is -0.152. The number of anilines is 1. The van der Waals surface area contributed by atoms with Gasteiger partial charge in [0.15, 0.2) is 6.10 Å². The average molecular weight is 413 g/mol. The molecule has 1 aromatic heterocycles. The minimum Gasteiger partial charge on any atom is -0.496 e. The zero-order valence-electron chi connectivity index (χ0n) is 16.6. The fourth-order valence-electron chi connectivity index (χ4n) is 3.46. The lowest BCUT2D eigenvalue weighted by Crippen LogP contribution is -2.30. The van der Waals surface area contributed by atoms with Crippen LogP contribution in [0.15, 0.2) is 24.3 Å². The number of rotatable bonds is 6. The maximum absolute atomic E-state index is 12.6. The Balaban J connectivity index is 1.64. The standard InChI is InChI=1S/C22H24N2O4S/c1-14(28-20(25)12-15-8-6-7-10-18(15)27-2)21(26)24-22-17(13-23)16-9-4-3-5-11-19(16)29-22/h6-8,10,14H,3-5,9,11-12H2,1-2H3,(H,24,26)/t14-/m0/s1. The molecule has 0 saturated carbocycles. The Morgan fingerprint density at radius 2 is 2.00 bits per heavy atom. The van der Waals surface area contributed by atoms with E-state index in [9.17, 15) is 14.9 Å². The number of benzene rings is 1. The maximum Gasteiger partial charge on any atom is 0.311 e. The predicted molar refractivity (Wildman–Crippen MR) is 111 cm³/mol. The van der Waals surface area contributed by atoms with E-state index in [2.05, 4.69) is 11.4 Å². The van der Waals surface area contributed by atoms with Crippen molar-refractivity contribution in [1.29, 1.82) is 5.26 Å². The SMILES string of the molecule is COc1ccccc1CC(=O)O[C@@H](C)C(=O)Nc1sc2c(c1C#N)CCCCC2. The molecule has 0 unspecified atom stereocenters. The van der Waals surface area contributed by atoms with Gasteiger partial charge in [-0.15, -0.1) is 11.3 Å². The van der Waals surface area contributed by atoms with Crippen molar-refractivity contribution in [1.82, 2.24) is 0 Å². The van der Waals surface area contributed by atoms with E-state index in [1.54, 1.807) is 12.1 Å². The highest BCUT2D eigenvalue weighted by Crippen LogP contribution is 2.37. The number of nitriles is 1. The van der Waals surface area contributed by atoms with Gasteiger partial charge in [-0.05, 0) is 44.2 Å². The summed E-state index contributed by atoms with van der Waals surface area (Å²) in [6, 6.07) is 9.41. The van der Waals surface area contributed by atoms with E-state index in [0.717, 1.165) is 37.7 Å². The van der Waals surface area contributed by atoms with Crippen LogP contribution in [0.2, 0.25) is 0 Å². The van der Waals surface area contributed by atoms with Crippen LogP contribution in [-0.4, -0.2) is 25.1 Å². The van der Waals surface area contributed by atoms with Crippen LogP contribution >= 0.6 is 11.3 Å². The number of hydrogen-bond donors (Lipinski definition) is 1. The van der Waals surface area contributed by atoms with Crippen LogP contribution in [0.4, 0.5) is 5.00 Å². The van der Waals surface area contributed by atoms with Gasteiger partial charge in [-0.2, -0.15) is 5.26 Å². The lowest BCUT2D eigenvalue weighted by atomic mass is 10.1. The molecule has 0 radical (unpaired) electrons. The first-order valence-corrected chi connectivity index (χ1v) is 10.5. The number of carbonyl (C=O) groups excluding carboxylic acids is 2. The number of nitrogens with zero attached hydrogens (tertiary/aromatic N) is 1. The molecule has 1 aliphatic rings. The van der Waals surface area contributed by atoms with Crippen molar-refractivity contribution >= 4 is 28.2 Å². The zero-order chi connectivity index (χ0) is 20.8. The van der Waals surface area contributed by atoms with E-state index < -0.39 is 18.0 Å². The van der Waals surface area contributed by atoms with Crippen molar-refractivity contribution in [2.24, 2.45) is 0 Å². The molecule has 0 fully saturated rings. The van der Waals surface area contributed by atoms with Gasteiger partial charge in [-0.3, -0.25) is 9.59 Å². The number of carbonyl (C=O) groups is 2. The predicted octanol–water partition coefficient (Wildman–Crippen LogP) is 4.01. The molecule has 2 aromatic rings. The molecule has 29 heavy (non-hydrogen) atoms. The van der Waals surface area contributed by atoms with E-state index >= 15 is 0 Å². The second-order valence-electron chi connectivity index (χ2n) is 6.99. The first-order valence-electron chi connectivity index (χ1n) is 9.70. The number of aryl methyl sites for hydroxylation is 1. The van der Waals surface area contributed by atoms with Gasteiger partial charge in [0, 0.05) is 10.4 Å². The van der Waals surface area contributed by atoms with Gasteiger partial charge in [-0.1, -0.05) is 24.6 Å². The van der Waals surface area contributed by atoms with Crippen LogP contribution < -0.4 is 10.1 Å². The fourth-order valence-corrected chi connectivity index (χ4v) is 4.70. The molecule has 7 heteroatoms. The van der Waals surface area contributed by atoms with Crippen LogP contribution in [0.3, 0.4) is 0 Å². The normalized spacial score (nSPS) is 14.1. The number of esters is 1. The number of fused-ring (bicyclic) bond motifs is 1. The topological polar surface area (TPSA) is 88.4 Å². The van der Waals surface area contributed by atoms with Gasteiger partial charge in [0.05, 0.1) is 19.1 Å². The number of amides is 1. The van der Waals surface area contributed by atoms with Crippen molar-refractivity contribution in [2.45, 2.75) is 51.6 Å². The summed E-state index contributed by atoms with van der Waals surface area (Å²) in [7, 11) is 1.54. The second kappa shape index (κ2) is 9.57. The molecule has 0 saturated heterocycles. The smallest absolute Gasteiger partial charge is 0.311 e. The monoisotopic (exact) mass is 412 g/mol. The summed E-state index contributed by atoms with van der Waals surface area (Å²) in [6.45, 7) is 1.53. The van der Waals surface area contributed by atoms with Crippen LogP contribution in [0.25, 0.3) is 0 Å². The van der Waals surface area contributed by atoms with Crippen LogP contribution in [-0.2, 0) is 33.6 Å². The fraction of sp³-hybridized carbons (Fsp3) is 0.409. The summed E-state index contributed by atoms with van der Waals surface area (Å²) in [5.74, 6) is -0.355. The molecule has 1 N–H and O–H groups in total. The third-order valence-electron chi connectivity index (χ3n) is 4.97. The minimum atomic E-state index is -0.967. The first-order chi connectivity index (χ1) is 14.0. The largest absolute Gasteiger partial charge is 0.496 e. The highest BCUT2D eigenvalue weighted by molar-refractivity contribution is 7.16. The molecule has 6 nitrogen and oxygen atoms in total. The molecule has 1 atom stereocenters. The highest BCUT2D eigenvalue weighted by Gasteiger charge is 2.24. The van der Waals surface area contributed by atoms with Crippen molar-refractivity contribution in [3.05, 3.63) is 45.8 Å². The Kier molecular flexibility index (Phi) is 6.89. The molecular weight excluding hydrogens is 388 g/mol. The molecule has 3 rings (SSSR count). The van der Waals surface area contributed by atoms with Crippen molar-refractivity contribution in [2.75, 3.05) is 12.4 Å². The summed E-state index contributed by atoms with van der Waals surface area (Å²) < 4.78 is 10.5. The Morgan fingerprint density at radius 1 is 1.24 bits per heavy atom. The summed E-state index contributed by atoms with van der Waals surface area (Å²) >= 11 is 1.46. The molecular formula is C22H24N2O4S. The van der Waals surface area contributed by atoms with Crippen LogP contribution in [0.1, 0.15) is 47.8 Å². The molecule has 1 heterocycles. The summed E-state index contributed by atoms with van der Waals surface area (Å²) in [5, 5.41) is 12.9. The maximum atomic E-state index is 12.6. The number of para-hydroxylation sites is 1. The number of hydrogen-bond acceptors (Lipinski definition) is 6. The minimum absolute atomic E-state index is 0.0123. The molecule has 0 spiro atoms. The Labute approximate surface area is 174 Å². The molecule has 152 valence electrons. The summed E-state index contributed by atoms with van der Waals surface area (Å²) in [4.78, 5) is 26.0. The number of ether oxygens (including phenoxy) is 2. The van der Waals surface area contributed by atoms with Gasteiger partial charge in [0.1, 0.15) is 16.8 Å². The molecule has 0 bridgehead atoms. The quantitative estimate of drug-likeness (QED) is 0.572. The van der Waals surface area contributed by atoms with Crippen LogP contribution in [0, 0.1) is 11.3 Å². The first kappa shape index (κ1) is 20.9. The van der Waals surface area contributed by atoms with Crippen molar-refractivity contribution in [3.63, 3.8) is 0 Å². The molecule has 1 amide bonds. The third-order valence-corrected chi connectivity index (χ3v) is 6.18. The van der Waals surface area contributed by atoms with Gasteiger partial charge in [-0.25, -0.2) is 0 Å². The van der Waals surface area contributed by atoms with E-state index in [-0.39, 0.29) is 6.42 Å². The number of nitrogens with one attached hydrogen (secondary N) is 1. The van der Waals surface area contributed by atoms with E-state index in [1.807, 2.05) is 12.1 Å². The van der Waals surface area contributed by atoms with E-state index in [1.165, 1.54) is 30.2 Å².